The molecule has 0 aromatic heterocycles. The SMILES string of the molecule is COc1ccc(N(CC(OC)OC)C(=O)Nc2cc(F)cc(F)c2)cc1OCCN1CCCCC1. The fraction of sp³-hybridized carbons (Fsp3) is 0.480. The molecule has 192 valence electrons. The molecule has 2 aromatic carbocycles. The summed E-state index contributed by atoms with van der Waals surface area (Å²) >= 11 is 0. The van der Waals surface area contributed by atoms with Crippen LogP contribution in [0.4, 0.5) is 25.0 Å². The second kappa shape index (κ2) is 13.2. The third-order valence-electron chi connectivity index (χ3n) is 5.79. The van der Waals surface area contributed by atoms with Crippen molar-refractivity contribution in [2.24, 2.45) is 0 Å². The molecule has 0 bridgehead atoms. The van der Waals surface area contributed by atoms with E-state index in [0.717, 1.165) is 37.8 Å². The van der Waals surface area contributed by atoms with E-state index in [1.54, 1.807) is 25.3 Å². The van der Waals surface area contributed by atoms with Crippen molar-refractivity contribution in [3.63, 3.8) is 0 Å². The summed E-state index contributed by atoms with van der Waals surface area (Å²) in [5.74, 6) is -0.599. The van der Waals surface area contributed by atoms with Gasteiger partial charge in [-0.25, -0.2) is 13.6 Å². The van der Waals surface area contributed by atoms with E-state index >= 15 is 0 Å². The Hall–Kier alpha value is -2.95. The maximum atomic E-state index is 13.6. The van der Waals surface area contributed by atoms with Crippen LogP contribution in [0.5, 0.6) is 11.5 Å². The van der Waals surface area contributed by atoms with Crippen LogP contribution in [0.3, 0.4) is 0 Å². The molecular weight excluding hydrogens is 460 g/mol. The molecule has 2 aromatic rings. The summed E-state index contributed by atoms with van der Waals surface area (Å²) in [7, 11) is 4.45. The van der Waals surface area contributed by atoms with E-state index < -0.39 is 24.0 Å². The number of rotatable bonds is 11. The third kappa shape index (κ3) is 7.78. The number of nitrogens with one attached hydrogen (secondary N) is 1. The Balaban J connectivity index is 1.80. The molecule has 0 aliphatic carbocycles. The van der Waals surface area contributed by atoms with Gasteiger partial charge in [0.2, 0.25) is 0 Å². The van der Waals surface area contributed by atoms with Crippen LogP contribution >= 0.6 is 0 Å². The minimum absolute atomic E-state index is 0.0101. The molecule has 0 saturated carbocycles. The van der Waals surface area contributed by atoms with Gasteiger partial charge in [-0.05, 0) is 50.2 Å². The summed E-state index contributed by atoms with van der Waals surface area (Å²) < 4.78 is 49.3. The van der Waals surface area contributed by atoms with Crippen LogP contribution < -0.4 is 19.7 Å². The smallest absolute Gasteiger partial charge is 0.326 e. The lowest BCUT2D eigenvalue weighted by molar-refractivity contribution is -0.0938. The van der Waals surface area contributed by atoms with E-state index in [9.17, 15) is 13.6 Å². The maximum Gasteiger partial charge on any atom is 0.326 e. The van der Waals surface area contributed by atoms with E-state index in [1.165, 1.54) is 38.4 Å². The highest BCUT2D eigenvalue weighted by Gasteiger charge is 2.23. The molecule has 1 heterocycles. The van der Waals surface area contributed by atoms with Crippen LogP contribution in [0.15, 0.2) is 36.4 Å². The van der Waals surface area contributed by atoms with E-state index in [1.807, 2.05) is 0 Å². The van der Waals surface area contributed by atoms with Crippen molar-refractivity contribution >= 4 is 17.4 Å². The average molecular weight is 494 g/mol. The number of hydrogen-bond donors (Lipinski definition) is 1. The standard InChI is InChI=1S/C25H33F2N3O5/c1-32-22-8-7-21(16-23(22)35-12-11-29-9-5-4-6-10-29)30(17-24(33-2)34-3)25(31)28-20-14-18(26)13-19(27)15-20/h7-8,13-16,24H,4-6,9-12,17H2,1-3H3,(H,28,31). The van der Waals surface area contributed by atoms with Gasteiger partial charge >= 0.3 is 6.03 Å². The topological polar surface area (TPSA) is 72.5 Å². The minimum atomic E-state index is -0.799. The van der Waals surface area contributed by atoms with E-state index in [2.05, 4.69) is 10.2 Å². The zero-order chi connectivity index (χ0) is 25.2. The first-order chi connectivity index (χ1) is 16.9. The summed E-state index contributed by atoms with van der Waals surface area (Å²) in [5.41, 5.74) is 0.447. The van der Waals surface area contributed by atoms with E-state index in [4.69, 9.17) is 18.9 Å². The molecule has 10 heteroatoms. The predicted octanol–water partition coefficient (Wildman–Crippen LogP) is 4.50. The highest BCUT2D eigenvalue weighted by atomic mass is 19.1. The number of likely N-dealkylation sites (tertiary alicyclic amines) is 1. The molecule has 0 unspecified atom stereocenters. The molecule has 1 N–H and O–H groups in total. The van der Waals surface area contributed by atoms with Gasteiger partial charge in [-0.2, -0.15) is 0 Å². The lowest BCUT2D eigenvalue weighted by atomic mass is 10.1. The number of anilines is 2. The lowest BCUT2D eigenvalue weighted by Gasteiger charge is -2.28. The van der Waals surface area contributed by atoms with Gasteiger partial charge in [-0.15, -0.1) is 0 Å². The van der Waals surface area contributed by atoms with Crippen LogP contribution in [0.25, 0.3) is 0 Å². The highest BCUT2D eigenvalue weighted by Crippen LogP contribution is 2.32. The van der Waals surface area contributed by atoms with Gasteiger partial charge < -0.3 is 24.3 Å². The second-order valence-electron chi connectivity index (χ2n) is 8.19. The Morgan fingerprint density at radius 3 is 2.31 bits per heavy atom. The van der Waals surface area contributed by atoms with Crippen LogP contribution in [0, 0.1) is 11.6 Å². The normalized spacial score (nSPS) is 14.1. The van der Waals surface area contributed by atoms with Gasteiger partial charge in [-0.3, -0.25) is 9.80 Å². The van der Waals surface area contributed by atoms with Gasteiger partial charge in [-0.1, -0.05) is 6.42 Å². The van der Waals surface area contributed by atoms with Crippen molar-refractivity contribution in [3.8, 4) is 11.5 Å². The number of piperidine rings is 1. The quantitative estimate of drug-likeness (QED) is 0.465. The summed E-state index contributed by atoms with van der Waals surface area (Å²) in [5, 5.41) is 2.53. The number of hydrogen-bond acceptors (Lipinski definition) is 6. The third-order valence-corrected chi connectivity index (χ3v) is 5.79. The van der Waals surface area contributed by atoms with Crippen LogP contribution in [0.1, 0.15) is 19.3 Å². The predicted molar refractivity (Wildman–Crippen MR) is 129 cm³/mol. The first kappa shape index (κ1) is 26.7. The Kier molecular flexibility index (Phi) is 10.1. The maximum absolute atomic E-state index is 13.6. The van der Waals surface area contributed by atoms with Crippen LogP contribution in [-0.4, -0.2) is 71.3 Å². The Labute approximate surface area is 204 Å². The summed E-state index contributed by atoms with van der Waals surface area (Å²) in [6.45, 7) is 3.39. The molecule has 0 atom stereocenters. The molecule has 2 amide bonds. The number of carbonyl (C=O) groups is 1. The molecule has 3 rings (SSSR count). The number of amides is 2. The molecular formula is C25H33F2N3O5. The number of carbonyl (C=O) groups excluding carboxylic acids is 1. The largest absolute Gasteiger partial charge is 0.493 e. The second-order valence-corrected chi connectivity index (χ2v) is 8.19. The number of nitrogens with zero attached hydrogens (tertiary/aromatic N) is 2. The van der Waals surface area contributed by atoms with Gasteiger partial charge in [0.25, 0.3) is 0 Å². The average Bonchev–Trinajstić information content (AvgIpc) is 2.85. The zero-order valence-electron chi connectivity index (χ0n) is 20.4. The molecule has 0 radical (unpaired) electrons. The number of ether oxygens (including phenoxy) is 4. The minimum Gasteiger partial charge on any atom is -0.493 e. The summed E-state index contributed by atoms with van der Waals surface area (Å²) in [4.78, 5) is 16.9. The first-order valence-electron chi connectivity index (χ1n) is 11.6. The van der Waals surface area contributed by atoms with Crippen molar-refractivity contribution in [1.29, 1.82) is 0 Å². The van der Waals surface area contributed by atoms with Crippen molar-refractivity contribution < 1.29 is 32.5 Å². The Morgan fingerprint density at radius 1 is 1.00 bits per heavy atom. The highest BCUT2D eigenvalue weighted by molar-refractivity contribution is 6.02. The van der Waals surface area contributed by atoms with Crippen LogP contribution in [0.2, 0.25) is 0 Å². The van der Waals surface area contributed by atoms with Crippen molar-refractivity contribution in [2.75, 3.05) is 64.3 Å². The van der Waals surface area contributed by atoms with Gasteiger partial charge in [0, 0.05) is 44.3 Å². The van der Waals surface area contributed by atoms with Crippen molar-refractivity contribution in [3.05, 3.63) is 48.0 Å². The molecule has 8 nitrogen and oxygen atoms in total. The molecule has 1 saturated heterocycles. The molecule has 1 fully saturated rings. The summed E-state index contributed by atoms with van der Waals surface area (Å²) in [6, 6.07) is 7.24. The molecule has 35 heavy (non-hydrogen) atoms. The molecule has 0 spiro atoms. The van der Waals surface area contributed by atoms with Crippen LogP contribution in [-0.2, 0) is 9.47 Å². The van der Waals surface area contributed by atoms with E-state index in [0.29, 0.717) is 23.8 Å². The summed E-state index contributed by atoms with van der Waals surface area (Å²) in [6.07, 6.45) is 2.91. The lowest BCUT2D eigenvalue weighted by Crippen LogP contribution is -2.41. The fourth-order valence-corrected chi connectivity index (χ4v) is 3.93. The molecule has 1 aliphatic rings. The van der Waals surface area contributed by atoms with E-state index in [-0.39, 0.29) is 12.2 Å². The number of benzene rings is 2. The number of methoxy groups -OCH3 is 3. The Morgan fingerprint density at radius 2 is 1.69 bits per heavy atom. The Bertz CT molecular complexity index is 948. The van der Waals surface area contributed by atoms with Gasteiger partial charge in [0.15, 0.2) is 17.8 Å². The number of halogens is 2. The van der Waals surface area contributed by atoms with Crippen molar-refractivity contribution in [2.45, 2.75) is 25.6 Å². The molecule has 1 aliphatic heterocycles. The monoisotopic (exact) mass is 493 g/mol. The van der Waals surface area contributed by atoms with Gasteiger partial charge in [0.05, 0.1) is 13.7 Å². The van der Waals surface area contributed by atoms with Gasteiger partial charge in [0.1, 0.15) is 18.2 Å². The fourth-order valence-electron chi connectivity index (χ4n) is 3.93. The number of urea groups is 1. The van der Waals surface area contributed by atoms with Crippen molar-refractivity contribution in [1.82, 2.24) is 4.90 Å². The first-order valence-corrected chi connectivity index (χ1v) is 11.6. The zero-order valence-corrected chi connectivity index (χ0v) is 20.4.